The minimum Gasteiger partial charge on any atom is -0.329 e. The number of Topliss-reactive ketones (excluding diaryl/α,β-unsaturated/α-hetero) is 1. The summed E-state index contributed by atoms with van der Waals surface area (Å²) in [4.78, 5) is 14.1. The fraction of sp³-hybridized carbons (Fsp3) is 0.950. The second-order valence-electron chi connectivity index (χ2n) is 8.53. The second-order valence-corrected chi connectivity index (χ2v) is 10.3. The molecule has 1 heterocycles. The fourth-order valence-corrected chi connectivity index (χ4v) is 5.88. The van der Waals surface area contributed by atoms with Crippen molar-refractivity contribution in [1.82, 2.24) is 0 Å². The van der Waals surface area contributed by atoms with Gasteiger partial charge in [0.25, 0.3) is 0 Å². The first-order chi connectivity index (χ1) is 11.2. The quantitative estimate of drug-likeness (QED) is 0.518. The van der Waals surface area contributed by atoms with Crippen LogP contribution in [0.15, 0.2) is 0 Å². The molecule has 1 aliphatic heterocycles. The summed E-state index contributed by atoms with van der Waals surface area (Å²) in [5, 5.41) is 0. The van der Waals surface area contributed by atoms with E-state index >= 15 is 0 Å². The summed E-state index contributed by atoms with van der Waals surface area (Å²) in [6, 6.07) is 0. The number of hydrogen-bond donors (Lipinski definition) is 1. The van der Waals surface area contributed by atoms with Crippen molar-refractivity contribution in [2.24, 2.45) is 17.8 Å². The van der Waals surface area contributed by atoms with Crippen LogP contribution in [0.1, 0.15) is 77.0 Å². The monoisotopic (exact) mass is 432 g/mol. The fourth-order valence-electron chi connectivity index (χ4n) is 5.16. The third kappa shape index (κ3) is 5.69. The van der Waals surface area contributed by atoms with E-state index in [1.165, 1.54) is 77.3 Å². The number of likely N-dealkylation sites (tertiary alicyclic amines) is 1. The van der Waals surface area contributed by atoms with Gasteiger partial charge in [0.05, 0.1) is 13.1 Å². The van der Waals surface area contributed by atoms with Crippen LogP contribution in [0.25, 0.3) is 0 Å². The predicted octanol–water partition coefficient (Wildman–Crippen LogP) is 3.81. The Balaban J connectivity index is 1.34. The smallest absolute Gasteiger partial charge is 0.189 e. The summed E-state index contributed by atoms with van der Waals surface area (Å²) < 4.78 is 0.819. The molecule has 0 radical (unpaired) electrons. The van der Waals surface area contributed by atoms with Crippen molar-refractivity contribution >= 4 is 28.4 Å². The molecule has 0 bridgehead atoms. The molecular formula is C20H35INO+. The van der Waals surface area contributed by atoms with Crippen LogP contribution in [0, 0.1) is 17.8 Å². The largest absolute Gasteiger partial charge is 0.329 e. The van der Waals surface area contributed by atoms with E-state index < -0.39 is 0 Å². The number of nitrogens with one attached hydrogen (secondary N) is 1. The number of carbonyl (C=O) groups is 1. The molecule has 23 heavy (non-hydrogen) atoms. The molecule has 3 rings (SSSR count). The molecule has 0 aromatic rings. The van der Waals surface area contributed by atoms with Crippen LogP contribution in [0.5, 0.6) is 0 Å². The van der Waals surface area contributed by atoms with Crippen molar-refractivity contribution in [2.75, 3.05) is 19.6 Å². The maximum atomic E-state index is 12.5. The van der Waals surface area contributed by atoms with Gasteiger partial charge >= 0.3 is 0 Å². The second kappa shape index (κ2) is 9.17. The summed E-state index contributed by atoms with van der Waals surface area (Å²) in [7, 11) is 0. The minimum atomic E-state index is 0.397. The Kier molecular flexibility index (Phi) is 7.24. The third-order valence-corrected chi connectivity index (χ3v) is 7.99. The first-order valence-corrected chi connectivity index (χ1v) is 11.5. The van der Waals surface area contributed by atoms with E-state index in [9.17, 15) is 4.79 Å². The average Bonchev–Trinajstić information content (AvgIpc) is 2.58. The van der Waals surface area contributed by atoms with Gasteiger partial charge in [-0.25, -0.2) is 0 Å². The van der Waals surface area contributed by atoms with E-state index in [2.05, 4.69) is 22.6 Å². The van der Waals surface area contributed by atoms with Crippen molar-refractivity contribution in [3.05, 3.63) is 0 Å². The van der Waals surface area contributed by atoms with E-state index in [1.807, 2.05) is 0 Å². The molecule has 3 heteroatoms. The summed E-state index contributed by atoms with van der Waals surface area (Å²) in [6.07, 6.45) is 16.5. The number of carbonyl (C=O) groups excluding carboxylic acids is 1. The zero-order valence-electron chi connectivity index (χ0n) is 14.7. The van der Waals surface area contributed by atoms with Crippen molar-refractivity contribution in [1.29, 1.82) is 0 Å². The Morgan fingerprint density at radius 3 is 2.09 bits per heavy atom. The van der Waals surface area contributed by atoms with Crippen molar-refractivity contribution < 1.29 is 9.69 Å². The number of hydrogen-bond acceptors (Lipinski definition) is 1. The summed E-state index contributed by atoms with van der Waals surface area (Å²) in [6.45, 7) is 3.34. The topological polar surface area (TPSA) is 21.5 Å². The van der Waals surface area contributed by atoms with Crippen molar-refractivity contribution in [3.8, 4) is 0 Å². The van der Waals surface area contributed by atoms with Crippen molar-refractivity contribution in [3.63, 3.8) is 0 Å². The molecule has 3 fully saturated rings. The lowest BCUT2D eigenvalue weighted by atomic mass is 9.79. The van der Waals surface area contributed by atoms with Gasteiger partial charge in [-0.05, 0) is 56.8 Å². The van der Waals surface area contributed by atoms with Gasteiger partial charge in [-0.1, -0.05) is 54.7 Å². The molecule has 2 nitrogen and oxygen atoms in total. The van der Waals surface area contributed by atoms with Gasteiger partial charge in [-0.2, -0.15) is 0 Å². The predicted molar refractivity (Wildman–Crippen MR) is 104 cm³/mol. The zero-order chi connectivity index (χ0) is 16.1. The average molecular weight is 432 g/mol. The first-order valence-electron chi connectivity index (χ1n) is 10.2. The lowest BCUT2D eigenvalue weighted by Gasteiger charge is -2.33. The molecule has 0 aromatic heterocycles. The lowest BCUT2D eigenvalue weighted by molar-refractivity contribution is -0.898. The van der Waals surface area contributed by atoms with Crippen LogP contribution < -0.4 is 4.90 Å². The zero-order valence-corrected chi connectivity index (χ0v) is 16.9. The Hall–Kier alpha value is 0.360. The molecule has 1 saturated heterocycles. The number of quaternary nitrogens is 1. The molecule has 2 aliphatic carbocycles. The summed E-state index contributed by atoms with van der Waals surface area (Å²) in [5.41, 5.74) is 0. The van der Waals surface area contributed by atoms with E-state index in [4.69, 9.17) is 0 Å². The highest BCUT2D eigenvalue weighted by Gasteiger charge is 2.30. The molecule has 0 unspecified atom stereocenters. The van der Waals surface area contributed by atoms with Gasteiger partial charge in [0, 0.05) is 9.84 Å². The molecule has 3 aliphatic rings. The number of rotatable bonds is 5. The molecule has 0 spiro atoms. The number of alkyl halides is 1. The van der Waals surface area contributed by atoms with Crippen LogP contribution in [0.4, 0.5) is 0 Å². The van der Waals surface area contributed by atoms with E-state index in [0.717, 1.165) is 35.1 Å². The number of ketones is 1. The standard InChI is InChI=1S/C20H34INO/c21-19-8-6-18(7-9-19)20(23)15-22-12-10-17(11-13-22)14-16-4-2-1-3-5-16/h16-19H,1-15H2/p+1. The highest BCUT2D eigenvalue weighted by Crippen LogP contribution is 2.32. The van der Waals surface area contributed by atoms with Gasteiger partial charge in [-0.15, -0.1) is 0 Å². The SMILES string of the molecule is O=C(C[NH+]1CCC(CC2CCCCC2)CC1)C1CCC(I)CC1. The number of piperidine rings is 1. The van der Waals surface area contributed by atoms with Gasteiger partial charge in [0.2, 0.25) is 0 Å². The Bertz CT molecular complexity index is 364. The van der Waals surface area contributed by atoms with Crippen LogP contribution in [0.3, 0.4) is 0 Å². The summed E-state index contributed by atoms with van der Waals surface area (Å²) in [5.74, 6) is 2.97. The molecule has 0 amide bonds. The Labute approximate surface area is 156 Å². The highest BCUT2D eigenvalue weighted by atomic mass is 127. The molecule has 0 aromatic carbocycles. The van der Waals surface area contributed by atoms with Gasteiger partial charge < -0.3 is 4.90 Å². The summed E-state index contributed by atoms with van der Waals surface area (Å²) >= 11 is 2.55. The van der Waals surface area contributed by atoms with Crippen molar-refractivity contribution in [2.45, 2.75) is 81.0 Å². The number of halogens is 1. The molecule has 132 valence electrons. The van der Waals surface area contributed by atoms with Crippen LogP contribution in [-0.4, -0.2) is 29.3 Å². The normalized spacial score (nSPS) is 36.7. The lowest BCUT2D eigenvalue weighted by Crippen LogP contribution is -3.14. The minimum absolute atomic E-state index is 0.397. The Morgan fingerprint density at radius 2 is 1.43 bits per heavy atom. The van der Waals surface area contributed by atoms with Gasteiger partial charge in [-0.3, -0.25) is 4.79 Å². The van der Waals surface area contributed by atoms with E-state index in [-0.39, 0.29) is 0 Å². The van der Waals surface area contributed by atoms with E-state index in [0.29, 0.717) is 11.7 Å². The molecule has 2 saturated carbocycles. The van der Waals surface area contributed by atoms with Gasteiger partial charge in [0.15, 0.2) is 5.78 Å². The van der Waals surface area contributed by atoms with E-state index in [1.54, 1.807) is 4.90 Å². The maximum Gasteiger partial charge on any atom is 0.189 e. The third-order valence-electron chi connectivity index (χ3n) is 6.74. The van der Waals surface area contributed by atoms with Crippen LogP contribution >= 0.6 is 22.6 Å². The maximum absolute atomic E-state index is 12.5. The highest BCUT2D eigenvalue weighted by molar-refractivity contribution is 14.1. The van der Waals surface area contributed by atoms with Crippen LogP contribution in [0.2, 0.25) is 0 Å². The van der Waals surface area contributed by atoms with Crippen LogP contribution in [-0.2, 0) is 4.79 Å². The molecule has 1 N–H and O–H groups in total. The van der Waals surface area contributed by atoms with Gasteiger partial charge in [0.1, 0.15) is 6.54 Å². The first kappa shape index (κ1) is 18.2. The molecule has 0 atom stereocenters. The Morgan fingerprint density at radius 1 is 0.826 bits per heavy atom. The molecular weight excluding hydrogens is 397 g/mol.